The number of nitrogens with zero attached hydrogens (tertiary/aromatic N) is 2. The van der Waals surface area contributed by atoms with E-state index >= 15 is 0 Å². The average molecular weight is 290 g/mol. The molecule has 1 heterocycles. The molecule has 0 unspecified atom stereocenters. The molecule has 1 aromatic rings. The van der Waals surface area contributed by atoms with Crippen molar-refractivity contribution in [3.63, 3.8) is 0 Å². The Bertz CT molecular complexity index is 585. The standard InChI is InChI=1S/C15H18N2O4/c1-10(18)16(2)9-14(19)17-8-12-6-4-3-5-11(12)7-13(17)15(20)21/h3-6,13H,7-9H2,1-2H3,(H,20,21)/t13-/m0/s1. The van der Waals surface area contributed by atoms with Crippen LogP contribution >= 0.6 is 0 Å². The summed E-state index contributed by atoms with van der Waals surface area (Å²) in [7, 11) is 1.52. The van der Waals surface area contributed by atoms with Gasteiger partial charge >= 0.3 is 5.97 Å². The van der Waals surface area contributed by atoms with Crippen LogP contribution in [0.5, 0.6) is 0 Å². The van der Waals surface area contributed by atoms with Crippen molar-refractivity contribution in [3.05, 3.63) is 35.4 Å². The van der Waals surface area contributed by atoms with Crippen LogP contribution in [-0.4, -0.2) is 52.3 Å². The first-order chi connectivity index (χ1) is 9.90. The number of carbonyl (C=O) groups excluding carboxylic acids is 2. The highest BCUT2D eigenvalue weighted by Gasteiger charge is 2.34. The van der Waals surface area contributed by atoms with Crippen LogP contribution in [0.2, 0.25) is 0 Å². The van der Waals surface area contributed by atoms with E-state index in [4.69, 9.17) is 0 Å². The summed E-state index contributed by atoms with van der Waals surface area (Å²) >= 11 is 0. The lowest BCUT2D eigenvalue weighted by molar-refractivity contribution is -0.152. The lowest BCUT2D eigenvalue weighted by Crippen LogP contribution is -2.51. The first-order valence-corrected chi connectivity index (χ1v) is 6.71. The normalized spacial score (nSPS) is 17.0. The van der Waals surface area contributed by atoms with Gasteiger partial charge in [0.15, 0.2) is 0 Å². The Kier molecular flexibility index (Phi) is 4.26. The number of carboxylic acid groups (broad SMARTS) is 1. The molecule has 1 N–H and O–H groups in total. The van der Waals surface area contributed by atoms with Gasteiger partial charge in [0.1, 0.15) is 6.04 Å². The SMILES string of the molecule is CC(=O)N(C)CC(=O)N1Cc2ccccc2C[C@H]1C(=O)O. The topological polar surface area (TPSA) is 77.9 Å². The molecule has 0 fully saturated rings. The molecule has 1 atom stereocenters. The van der Waals surface area contributed by atoms with Crippen LogP contribution in [0.1, 0.15) is 18.1 Å². The van der Waals surface area contributed by atoms with Gasteiger partial charge in [-0.25, -0.2) is 4.79 Å². The van der Waals surface area contributed by atoms with E-state index in [1.54, 1.807) is 0 Å². The number of carbonyl (C=O) groups is 3. The van der Waals surface area contributed by atoms with E-state index in [9.17, 15) is 19.5 Å². The fraction of sp³-hybridized carbons (Fsp3) is 0.400. The molecule has 0 radical (unpaired) electrons. The van der Waals surface area contributed by atoms with E-state index in [0.717, 1.165) is 11.1 Å². The molecule has 112 valence electrons. The molecule has 6 nitrogen and oxygen atoms in total. The van der Waals surface area contributed by atoms with Gasteiger partial charge in [0.2, 0.25) is 11.8 Å². The lowest BCUT2D eigenvalue weighted by Gasteiger charge is -2.35. The molecule has 21 heavy (non-hydrogen) atoms. The molecule has 0 spiro atoms. The summed E-state index contributed by atoms with van der Waals surface area (Å²) in [6, 6.07) is 6.62. The lowest BCUT2D eigenvalue weighted by atomic mass is 9.94. The number of hydrogen-bond acceptors (Lipinski definition) is 3. The summed E-state index contributed by atoms with van der Waals surface area (Å²) in [6.07, 6.45) is 0.293. The van der Waals surface area contributed by atoms with Crippen molar-refractivity contribution in [1.82, 2.24) is 9.80 Å². The molecule has 0 bridgehead atoms. The zero-order valence-electron chi connectivity index (χ0n) is 12.1. The molecular formula is C15H18N2O4. The Morgan fingerprint density at radius 2 is 1.90 bits per heavy atom. The Balaban J connectivity index is 2.22. The predicted molar refractivity (Wildman–Crippen MR) is 75.4 cm³/mol. The van der Waals surface area contributed by atoms with Crippen molar-refractivity contribution >= 4 is 17.8 Å². The number of hydrogen-bond donors (Lipinski definition) is 1. The highest BCUT2D eigenvalue weighted by molar-refractivity contribution is 5.88. The van der Waals surface area contributed by atoms with Gasteiger partial charge in [-0.05, 0) is 11.1 Å². The maximum Gasteiger partial charge on any atom is 0.326 e. The number of fused-ring (bicyclic) bond motifs is 1. The summed E-state index contributed by atoms with van der Waals surface area (Å²) in [5.74, 6) is -1.61. The summed E-state index contributed by atoms with van der Waals surface area (Å²) in [4.78, 5) is 37.6. The van der Waals surface area contributed by atoms with Gasteiger partial charge in [0.25, 0.3) is 0 Å². The molecule has 0 aromatic heterocycles. The Morgan fingerprint density at radius 1 is 1.29 bits per heavy atom. The van der Waals surface area contributed by atoms with Gasteiger partial charge in [0, 0.05) is 26.9 Å². The van der Waals surface area contributed by atoms with Crippen molar-refractivity contribution in [2.45, 2.75) is 25.9 Å². The Morgan fingerprint density at radius 3 is 2.48 bits per heavy atom. The molecule has 2 amide bonds. The van der Waals surface area contributed by atoms with Crippen molar-refractivity contribution in [3.8, 4) is 0 Å². The number of amides is 2. The Labute approximate surface area is 123 Å². The second-order valence-electron chi connectivity index (χ2n) is 5.22. The quantitative estimate of drug-likeness (QED) is 0.879. The minimum atomic E-state index is -1.02. The zero-order valence-corrected chi connectivity index (χ0v) is 12.1. The predicted octanol–water partition coefficient (Wildman–Crippen LogP) is 0.503. The maximum atomic E-state index is 12.3. The van der Waals surface area contributed by atoms with Crippen LogP contribution in [0.25, 0.3) is 0 Å². The van der Waals surface area contributed by atoms with Gasteiger partial charge in [-0.3, -0.25) is 9.59 Å². The van der Waals surface area contributed by atoms with Crippen LogP contribution in [0, 0.1) is 0 Å². The van der Waals surface area contributed by atoms with Crippen LogP contribution in [-0.2, 0) is 27.3 Å². The largest absolute Gasteiger partial charge is 0.480 e. The van der Waals surface area contributed by atoms with Crippen molar-refractivity contribution in [1.29, 1.82) is 0 Å². The molecule has 0 saturated heterocycles. The van der Waals surface area contributed by atoms with E-state index in [-0.39, 0.29) is 24.9 Å². The fourth-order valence-electron chi connectivity index (χ4n) is 2.41. The van der Waals surface area contributed by atoms with E-state index in [1.165, 1.54) is 23.8 Å². The third-order valence-electron chi connectivity index (χ3n) is 3.76. The van der Waals surface area contributed by atoms with Gasteiger partial charge in [-0.15, -0.1) is 0 Å². The fourth-order valence-corrected chi connectivity index (χ4v) is 2.41. The molecule has 1 aliphatic rings. The Hall–Kier alpha value is -2.37. The third-order valence-corrected chi connectivity index (χ3v) is 3.76. The highest BCUT2D eigenvalue weighted by Crippen LogP contribution is 2.23. The summed E-state index contributed by atoms with van der Waals surface area (Å²) in [5, 5.41) is 9.35. The van der Waals surface area contributed by atoms with Crippen molar-refractivity contribution in [2.75, 3.05) is 13.6 Å². The number of carboxylic acids is 1. The monoisotopic (exact) mass is 290 g/mol. The highest BCUT2D eigenvalue weighted by atomic mass is 16.4. The van der Waals surface area contributed by atoms with E-state index in [2.05, 4.69) is 0 Å². The van der Waals surface area contributed by atoms with Gasteiger partial charge in [-0.1, -0.05) is 24.3 Å². The number of rotatable bonds is 3. The number of likely N-dealkylation sites (N-methyl/N-ethyl adjacent to an activating group) is 1. The average Bonchev–Trinajstić information content (AvgIpc) is 2.45. The summed E-state index contributed by atoms with van der Waals surface area (Å²) in [5.41, 5.74) is 1.91. The molecular weight excluding hydrogens is 272 g/mol. The number of aliphatic carboxylic acids is 1. The van der Waals surface area contributed by atoms with Gasteiger partial charge in [0.05, 0.1) is 6.54 Å². The molecule has 1 aromatic carbocycles. The minimum absolute atomic E-state index is 0.110. The summed E-state index contributed by atoms with van der Waals surface area (Å²) in [6.45, 7) is 1.52. The molecule has 1 aliphatic heterocycles. The zero-order chi connectivity index (χ0) is 15.6. The van der Waals surface area contributed by atoms with Crippen LogP contribution in [0.3, 0.4) is 0 Å². The second-order valence-corrected chi connectivity index (χ2v) is 5.22. The summed E-state index contributed by atoms with van der Waals surface area (Å²) < 4.78 is 0. The molecule has 6 heteroatoms. The van der Waals surface area contributed by atoms with Crippen LogP contribution < -0.4 is 0 Å². The second kappa shape index (κ2) is 5.95. The van der Waals surface area contributed by atoms with Crippen molar-refractivity contribution in [2.24, 2.45) is 0 Å². The van der Waals surface area contributed by atoms with Gasteiger partial charge < -0.3 is 14.9 Å². The first kappa shape index (κ1) is 15.0. The van der Waals surface area contributed by atoms with Crippen molar-refractivity contribution < 1.29 is 19.5 Å². The molecule has 0 saturated carbocycles. The van der Waals surface area contributed by atoms with E-state index in [0.29, 0.717) is 6.42 Å². The van der Waals surface area contributed by atoms with Gasteiger partial charge in [-0.2, -0.15) is 0 Å². The van der Waals surface area contributed by atoms with E-state index < -0.39 is 12.0 Å². The molecule has 0 aliphatic carbocycles. The number of benzene rings is 1. The van der Waals surface area contributed by atoms with Crippen LogP contribution in [0.4, 0.5) is 0 Å². The third kappa shape index (κ3) is 3.21. The minimum Gasteiger partial charge on any atom is -0.480 e. The maximum absolute atomic E-state index is 12.3. The van der Waals surface area contributed by atoms with E-state index in [1.807, 2.05) is 24.3 Å². The van der Waals surface area contributed by atoms with Crippen LogP contribution in [0.15, 0.2) is 24.3 Å². The first-order valence-electron chi connectivity index (χ1n) is 6.71. The molecule has 2 rings (SSSR count). The smallest absolute Gasteiger partial charge is 0.326 e.